The first-order valence-electron chi connectivity index (χ1n) is 6.25. The quantitative estimate of drug-likeness (QED) is 0.905. The minimum absolute atomic E-state index is 0.368. The molecule has 0 aliphatic carbocycles. The summed E-state index contributed by atoms with van der Waals surface area (Å²) < 4.78 is 1.36. The normalized spacial score (nSPS) is 19.7. The van der Waals surface area contributed by atoms with E-state index in [1.54, 1.807) is 0 Å². The molecule has 100 valence electrons. The van der Waals surface area contributed by atoms with Crippen LogP contribution in [0.15, 0.2) is 16.7 Å². The second kappa shape index (κ2) is 5.80. The summed E-state index contributed by atoms with van der Waals surface area (Å²) in [4.78, 5) is 6.92. The number of halogens is 1. The van der Waals surface area contributed by atoms with Crippen LogP contribution < -0.4 is 10.6 Å². The van der Waals surface area contributed by atoms with Crippen LogP contribution in [0.1, 0.15) is 25.8 Å². The van der Waals surface area contributed by atoms with Gasteiger partial charge in [-0.1, -0.05) is 13.8 Å². The molecule has 1 aliphatic rings. The Bertz CT molecular complexity index is 423. The van der Waals surface area contributed by atoms with Crippen LogP contribution in [0.5, 0.6) is 0 Å². The van der Waals surface area contributed by atoms with Crippen molar-refractivity contribution in [2.75, 3.05) is 23.7 Å². The summed E-state index contributed by atoms with van der Waals surface area (Å²) >= 11 is 5.50. The summed E-state index contributed by atoms with van der Waals surface area (Å²) in [5.41, 5.74) is 6.95. The first-order valence-corrected chi connectivity index (χ1v) is 8.03. The van der Waals surface area contributed by atoms with E-state index in [0.29, 0.717) is 11.3 Å². The number of thioether (sulfide) groups is 1. The van der Waals surface area contributed by atoms with Crippen molar-refractivity contribution in [3.8, 4) is 0 Å². The summed E-state index contributed by atoms with van der Waals surface area (Å²) in [6.45, 7) is 7.28. The molecule has 1 aromatic rings. The number of aromatic nitrogens is 1. The highest BCUT2D eigenvalue weighted by Gasteiger charge is 2.25. The number of anilines is 1. The summed E-state index contributed by atoms with van der Waals surface area (Å²) in [5.74, 6) is 2.20. The zero-order chi connectivity index (χ0) is 13.2. The first kappa shape index (κ1) is 14.2. The maximum Gasteiger partial charge on any atom is 0.133 e. The van der Waals surface area contributed by atoms with Crippen LogP contribution in [0, 0.1) is 0 Å². The molecule has 0 bridgehead atoms. The molecule has 1 aromatic heterocycles. The van der Waals surface area contributed by atoms with E-state index < -0.39 is 0 Å². The van der Waals surface area contributed by atoms with Gasteiger partial charge in [-0.3, -0.25) is 0 Å². The van der Waals surface area contributed by atoms with Gasteiger partial charge in [0.15, 0.2) is 0 Å². The second-order valence-electron chi connectivity index (χ2n) is 5.19. The van der Waals surface area contributed by atoms with Gasteiger partial charge >= 0.3 is 0 Å². The largest absolute Gasteiger partial charge is 0.355 e. The molecule has 1 aliphatic heterocycles. The van der Waals surface area contributed by atoms with Crippen LogP contribution in [0.4, 0.5) is 5.82 Å². The molecule has 5 heteroatoms. The molecule has 0 atom stereocenters. The number of rotatable bonds is 2. The zero-order valence-electron chi connectivity index (χ0n) is 10.9. The Morgan fingerprint density at radius 1 is 1.50 bits per heavy atom. The van der Waals surface area contributed by atoms with Crippen molar-refractivity contribution in [1.82, 2.24) is 4.98 Å². The number of nitrogens with zero attached hydrogens (tertiary/aromatic N) is 2. The molecule has 2 heterocycles. The Balaban J connectivity index is 2.21. The van der Waals surface area contributed by atoms with Gasteiger partial charge in [0.05, 0.1) is 0 Å². The van der Waals surface area contributed by atoms with Crippen molar-refractivity contribution in [3.05, 3.63) is 22.3 Å². The van der Waals surface area contributed by atoms with Crippen molar-refractivity contribution in [2.45, 2.75) is 31.6 Å². The van der Waals surface area contributed by atoms with Crippen LogP contribution >= 0.6 is 27.7 Å². The molecule has 0 aromatic carbocycles. The van der Waals surface area contributed by atoms with Crippen LogP contribution in [0.3, 0.4) is 0 Å². The van der Waals surface area contributed by atoms with Gasteiger partial charge in [0.25, 0.3) is 0 Å². The van der Waals surface area contributed by atoms with E-state index >= 15 is 0 Å². The van der Waals surface area contributed by atoms with E-state index in [1.807, 2.05) is 18.0 Å². The van der Waals surface area contributed by atoms with Gasteiger partial charge in [-0.05, 0) is 28.4 Å². The van der Waals surface area contributed by atoms with Gasteiger partial charge in [-0.2, -0.15) is 11.8 Å². The molecule has 0 unspecified atom stereocenters. The SMILES string of the molecule is CC1(C)CCN(c2ncc(Br)cc2CN)CCS1. The summed E-state index contributed by atoms with van der Waals surface area (Å²) in [6, 6.07) is 2.07. The van der Waals surface area contributed by atoms with Crippen LogP contribution in [0.25, 0.3) is 0 Å². The molecular formula is C13H20BrN3S. The van der Waals surface area contributed by atoms with Crippen LogP contribution in [0.2, 0.25) is 0 Å². The smallest absolute Gasteiger partial charge is 0.133 e. The molecule has 0 spiro atoms. The third-order valence-electron chi connectivity index (χ3n) is 3.27. The molecule has 1 saturated heterocycles. The average Bonchev–Trinajstić information content (AvgIpc) is 2.50. The maximum atomic E-state index is 5.83. The molecule has 0 radical (unpaired) electrons. The summed E-state index contributed by atoms with van der Waals surface area (Å²) in [5, 5.41) is 0. The molecular weight excluding hydrogens is 310 g/mol. The van der Waals surface area contributed by atoms with Gasteiger partial charge < -0.3 is 10.6 Å². The highest BCUT2D eigenvalue weighted by atomic mass is 79.9. The van der Waals surface area contributed by atoms with Crippen molar-refractivity contribution >= 4 is 33.5 Å². The maximum absolute atomic E-state index is 5.83. The molecule has 1 fully saturated rings. The molecule has 0 saturated carbocycles. The predicted octanol–water partition coefficient (Wildman–Crippen LogP) is 3.02. The van der Waals surface area contributed by atoms with Crippen LogP contribution in [-0.4, -0.2) is 28.6 Å². The first-order chi connectivity index (χ1) is 8.52. The fourth-order valence-electron chi connectivity index (χ4n) is 2.14. The van der Waals surface area contributed by atoms with Gasteiger partial charge in [-0.15, -0.1) is 0 Å². The van der Waals surface area contributed by atoms with E-state index in [2.05, 4.69) is 45.7 Å². The van der Waals surface area contributed by atoms with E-state index in [9.17, 15) is 0 Å². The second-order valence-corrected chi connectivity index (χ2v) is 7.90. The van der Waals surface area contributed by atoms with Gasteiger partial charge in [0.1, 0.15) is 5.82 Å². The lowest BCUT2D eigenvalue weighted by Crippen LogP contribution is -2.29. The van der Waals surface area contributed by atoms with Gasteiger partial charge in [0, 0.05) is 46.4 Å². The fourth-order valence-corrected chi connectivity index (χ4v) is 3.62. The van der Waals surface area contributed by atoms with E-state index in [1.165, 1.54) is 6.42 Å². The lowest BCUT2D eigenvalue weighted by atomic mass is 10.1. The molecule has 18 heavy (non-hydrogen) atoms. The van der Waals surface area contributed by atoms with Gasteiger partial charge in [0.2, 0.25) is 0 Å². The number of pyridine rings is 1. The highest BCUT2D eigenvalue weighted by Crippen LogP contribution is 2.32. The monoisotopic (exact) mass is 329 g/mol. The van der Waals surface area contributed by atoms with Crippen molar-refractivity contribution in [1.29, 1.82) is 0 Å². The van der Waals surface area contributed by atoms with Gasteiger partial charge in [-0.25, -0.2) is 4.98 Å². The Hall–Kier alpha value is -0.260. The predicted molar refractivity (Wildman–Crippen MR) is 83.2 cm³/mol. The van der Waals surface area contributed by atoms with Crippen molar-refractivity contribution < 1.29 is 0 Å². The van der Waals surface area contributed by atoms with Crippen LogP contribution in [-0.2, 0) is 6.54 Å². The van der Waals surface area contributed by atoms with Crippen molar-refractivity contribution in [2.24, 2.45) is 5.73 Å². The Kier molecular flexibility index (Phi) is 4.56. The third-order valence-corrected chi connectivity index (χ3v) is 5.07. The highest BCUT2D eigenvalue weighted by molar-refractivity contribution is 9.10. The summed E-state index contributed by atoms with van der Waals surface area (Å²) in [7, 11) is 0. The Labute approximate surface area is 122 Å². The molecule has 0 amide bonds. The lowest BCUT2D eigenvalue weighted by Gasteiger charge is -2.25. The van der Waals surface area contributed by atoms with E-state index in [4.69, 9.17) is 5.73 Å². The minimum Gasteiger partial charge on any atom is -0.355 e. The van der Waals surface area contributed by atoms with Crippen molar-refractivity contribution in [3.63, 3.8) is 0 Å². The Morgan fingerprint density at radius 2 is 2.28 bits per heavy atom. The summed E-state index contributed by atoms with van der Waals surface area (Å²) in [6.07, 6.45) is 3.04. The number of hydrogen-bond acceptors (Lipinski definition) is 4. The topological polar surface area (TPSA) is 42.2 Å². The molecule has 2 N–H and O–H groups in total. The number of hydrogen-bond donors (Lipinski definition) is 1. The molecule has 3 nitrogen and oxygen atoms in total. The minimum atomic E-state index is 0.368. The Morgan fingerprint density at radius 3 is 3.00 bits per heavy atom. The number of nitrogens with two attached hydrogens (primary N) is 1. The third kappa shape index (κ3) is 3.39. The standard InChI is InChI=1S/C13H20BrN3S/c1-13(2)3-4-17(5-6-18-13)12-10(8-15)7-11(14)9-16-12/h7,9H,3-6,8,15H2,1-2H3. The fraction of sp³-hybridized carbons (Fsp3) is 0.615. The zero-order valence-corrected chi connectivity index (χ0v) is 13.4. The van der Waals surface area contributed by atoms with E-state index in [-0.39, 0.29) is 0 Å². The molecule has 2 rings (SSSR count). The van der Waals surface area contributed by atoms with E-state index in [0.717, 1.165) is 34.7 Å². The lowest BCUT2D eigenvalue weighted by molar-refractivity contribution is 0.634. The average molecular weight is 330 g/mol.